The molecule has 0 bridgehead atoms. The van der Waals surface area contributed by atoms with Gasteiger partial charge < -0.3 is 20.1 Å². The third-order valence-electron chi connectivity index (χ3n) is 4.66. The molecule has 2 N–H and O–H groups in total. The van der Waals surface area contributed by atoms with Gasteiger partial charge in [-0.15, -0.1) is 0 Å². The predicted octanol–water partition coefficient (Wildman–Crippen LogP) is 3.22. The number of benzene rings is 1. The van der Waals surface area contributed by atoms with Gasteiger partial charge in [0.2, 0.25) is 0 Å². The SMILES string of the molecule is C=C1NC(=S)N[C@H](c2ccccc2OC2CCCC2)[C@H]1C(=O)OCC. The van der Waals surface area contributed by atoms with Gasteiger partial charge in [0.25, 0.3) is 0 Å². The fraction of sp³-hybridized carbons (Fsp3) is 0.474. The number of hydrogen-bond acceptors (Lipinski definition) is 4. The number of nitrogens with one attached hydrogen (secondary N) is 2. The lowest BCUT2D eigenvalue weighted by Crippen LogP contribution is -2.51. The van der Waals surface area contributed by atoms with Gasteiger partial charge in [0.05, 0.1) is 18.8 Å². The van der Waals surface area contributed by atoms with E-state index in [0.717, 1.165) is 24.2 Å². The Morgan fingerprint density at radius 3 is 2.76 bits per heavy atom. The van der Waals surface area contributed by atoms with Crippen molar-refractivity contribution in [2.75, 3.05) is 6.61 Å². The van der Waals surface area contributed by atoms with Crippen LogP contribution in [0.15, 0.2) is 36.5 Å². The average Bonchev–Trinajstić information content (AvgIpc) is 3.08. The molecule has 0 spiro atoms. The molecule has 2 atom stereocenters. The molecule has 1 aromatic carbocycles. The van der Waals surface area contributed by atoms with Crippen molar-refractivity contribution in [3.05, 3.63) is 42.1 Å². The van der Waals surface area contributed by atoms with Crippen LogP contribution in [0.1, 0.15) is 44.2 Å². The molecule has 1 aliphatic carbocycles. The largest absolute Gasteiger partial charge is 0.490 e. The summed E-state index contributed by atoms with van der Waals surface area (Å²) < 4.78 is 11.5. The maximum Gasteiger partial charge on any atom is 0.317 e. The highest BCUT2D eigenvalue weighted by Crippen LogP contribution is 2.37. The Labute approximate surface area is 153 Å². The first-order chi connectivity index (χ1) is 12.1. The third kappa shape index (κ3) is 3.95. The molecule has 1 heterocycles. The number of rotatable bonds is 5. The standard InChI is InChI=1S/C19H24N2O3S/c1-3-23-18(22)16-12(2)20-19(25)21-17(16)14-10-6-7-11-15(14)24-13-8-4-5-9-13/h6-7,10-11,13,16-17H,2-5,8-9H2,1H3,(H2,20,21,25)/t16-,17+/m0/s1. The zero-order valence-electron chi connectivity index (χ0n) is 14.4. The van der Waals surface area contributed by atoms with Crippen molar-refractivity contribution in [2.24, 2.45) is 5.92 Å². The summed E-state index contributed by atoms with van der Waals surface area (Å²) in [6.45, 7) is 6.09. The second kappa shape index (κ2) is 7.87. The molecule has 1 saturated carbocycles. The van der Waals surface area contributed by atoms with Crippen LogP contribution in [0.25, 0.3) is 0 Å². The highest BCUT2D eigenvalue weighted by Gasteiger charge is 2.39. The van der Waals surface area contributed by atoms with E-state index in [-0.39, 0.29) is 18.1 Å². The van der Waals surface area contributed by atoms with Crippen molar-refractivity contribution >= 4 is 23.3 Å². The van der Waals surface area contributed by atoms with Crippen LogP contribution in [0.4, 0.5) is 0 Å². The summed E-state index contributed by atoms with van der Waals surface area (Å²) in [6, 6.07) is 7.44. The molecule has 134 valence electrons. The zero-order chi connectivity index (χ0) is 17.8. The van der Waals surface area contributed by atoms with E-state index in [2.05, 4.69) is 17.2 Å². The molecular weight excluding hydrogens is 336 g/mol. The monoisotopic (exact) mass is 360 g/mol. The van der Waals surface area contributed by atoms with Gasteiger partial charge in [-0.3, -0.25) is 4.79 Å². The van der Waals surface area contributed by atoms with Crippen LogP contribution >= 0.6 is 12.2 Å². The summed E-state index contributed by atoms with van der Waals surface area (Å²) >= 11 is 5.27. The Hall–Kier alpha value is -2.08. The van der Waals surface area contributed by atoms with Gasteiger partial charge >= 0.3 is 5.97 Å². The lowest BCUT2D eigenvalue weighted by atomic mass is 9.88. The van der Waals surface area contributed by atoms with Crippen LogP contribution in [-0.2, 0) is 9.53 Å². The minimum Gasteiger partial charge on any atom is -0.490 e. The van der Waals surface area contributed by atoms with Gasteiger partial charge in [0.1, 0.15) is 11.7 Å². The van der Waals surface area contributed by atoms with Gasteiger partial charge in [-0.1, -0.05) is 24.8 Å². The molecule has 2 fully saturated rings. The van der Waals surface area contributed by atoms with E-state index < -0.39 is 5.92 Å². The summed E-state index contributed by atoms with van der Waals surface area (Å²) in [7, 11) is 0. The smallest absolute Gasteiger partial charge is 0.317 e. The molecule has 3 rings (SSSR count). The van der Waals surface area contributed by atoms with E-state index in [9.17, 15) is 4.79 Å². The van der Waals surface area contributed by atoms with Crippen molar-refractivity contribution in [1.82, 2.24) is 10.6 Å². The van der Waals surface area contributed by atoms with Gasteiger partial charge in [0.15, 0.2) is 5.11 Å². The summed E-state index contributed by atoms with van der Waals surface area (Å²) in [5.41, 5.74) is 1.44. The highest BCUT2D eigenvalue weighted by molar-refractivity contribution is 7.80. The fourth-order valence-electron chi connectivity index (χ4n) is 3.48. The first-order valence-electron chi connectivity index (χ1n) is 8.78. The first-order valence-corrected chi connectivity index (χ1v) is 9.19. The summed E-state index contributed by atoms with van der Waals surface area (Å²) in [6.07, 6.45) is 4.77. The topological polar surface area (TPSA) is 59.6 Å². The Morgan fingerprint density at radius 2 is 2.04 bits per heavy atom. The number of carbonyl (C=O) groups is 1. The van der Waals surface area contributed by atoms with Crippen molar-refractivity contribution in [3.8, 4) is 5.75 Å². The van der Waals surface area contributed by atoms with Crippen molar-refractivity contribution < 1.29 is 14.3 Å². The normalized spacial score (nSPS) is 23.7. The van der Waals surface area contributed by atoms with E-state index in [4.69, 9.17) is 21.7 Å². The zero-order valence-corrected chi connectivity index (χ0v) is 15.2. The summed E-state index contributed by atoms with van der Waals surface area (Å²) in [5, 5.41) is 6.59. The van der Waals surface area contributed by atoms with Crippen LogP contribution in [0.5, 0.6) is 5.75 Å². The fourth-order valence-corrected chi connectivity index (χ4v) is 3.74. The molecule has 2 aliphatic rings. The van der Waals surface area contributed by atoms with Crippen molar-refractivity contribution in [1.29, 1.82) is 0 Å². The van der Waals surface area contributed by atoms with Crippen LogP contribution in [0.3, 0.4) is 0 Å². The van der Waals surface area contributed by atoms with Gasteiger partial charge in [0, 0.05) is 11.3 Å². The molecule has 1 saturated heterocycles. The van der Waals surface area contributed by atoms with Crippen molar-refractivity contribution in [3.63, 3.8) is 0 Å². The maximum atomic E-state index is 12.5. The Bertz CT molecular complexity index is 670. The van der Waals surface area contributed by atoms with E-state index in [1.807, 2.05) is 24.3 Å². The van der Waals surface area contributed by atoms with E-state index in [0.29, 0.717) is 17.4 Å². The molecule has 0 radical (unpaired) electrons. The Balaban J connectivity index is 1.92. The highest BCUT2D eigenvalue weighted by atomic mass is 32.1. The predicted molar refractivity (Wildman–Crippen MR) is 100 cm³/mol. The van der Waals surface area contributed by atoms with Gasteiger partial charge in [-0.25, -0.2) is 0 Å². The average molecular weight is 360 g/mol. The molecule has 25 heavy (non-hydrogen) atoms. The molecular formula is C19H24N2O3S. The number of ether oxygens (including phenoxy) is 2. The van der Waals surface area contributed by atoms with Crippen LogP contribution in [-0.4, -0.2) is 23.8 Å². The number of para-hydroxylation sites is 1. The second-order valence-electron chi connectivity index (χ2n) is 6.39. The lowest BCUT2D eigenvalue weighted by molar-refractivity contribution is -0.147. The van der Waals surface area contributed by atoms with E-state index in [1.165, 1.54) is 12.8 Å². The number of thiocarbonyl (C=S) groups is 1. The Kier molecular flexibility index (Phi) is 5.58. The quantitative estimate of drug-likeness (QED) is 0.621. The molecule has 0 amide bonds. The minimum atomic E-state index is -0.569. The summed E-state index contributed by atoms with van der Waals surface area (Å²) in [5.74, 6) is -0.102. The van der Waals surface area contributed by atoms with Crippen LogP contribution < -0.4 is 15.4 Å². The molecule has 6 heteroatoms. The molecule has 0 unspecified atom stereocenters. The number of hydrogen-bond donors (Lipinski definition) is 2. The molecule has 1 aliphatic heterocycles. The van der Waals surface area contributed by atoms with E-state index >= 15 is 0 Å². The van der Waals surface area contributed by atoms with Gasteiger partial charge in [-0.05, 0) is 50.9 Å². The summed E-state index contributed by atoms with van der Waals surface area (Å²) in [4.78, 5) is 12.5. The van der Waals surface area contributed by atoms with Crippen molar-refractivity contribution in [2.45, 2.75) is 44.8 Å². The van der Waals surface area contributed by atoms with Gasteiger partial charge in [-0.2, -0.15) is 0 Å². The number of esters is 1. The third-order valence-corrected chi connectivity index (χ3v) is 4.88. The number of carbonyl (C=O) groups excluding carboxylic acids is 1. The Morgan fingerprint density at radius 1 is 1.32 bits per heavy atom. The lowest BCUT2D eigenvalue weighted by Gasteiger charge is -2.35. The maximum absolute atomic E-state index is 12.5. The second-order valence-corrected chi connectivity index (χ2v) is 6.80. The molecule has 5 nitrogen and oxygen atoms in total. The first kappa shape index (κ1) is 17.7. The van der Waals surface area contributed by atoms with Crippen LogP contribution in [0.2, 0.25) is 0 Å². The molecule has 0 aromatic heterocycles. The van der Waals surface area contributed by atoms with Crippen LogP contribution in [0, 0.1) is 5.92 Å². The minimum absolute atomic E-state index is 0.235. The molecule has 1 aromatic rings. The van der Waals surface area contributed by atoms with E-state index in [1.54, 1.807) is 6.92 Å².